The first-order valence-electron chi connectivity index (χ1n) is 8.75. The molecule has 3 rings (SSSR count). The minimum absolute atomic E-state index is 0.0639. The van der Waals surface area contributed by atoms with Crippen LogP contribution in [-0.2, 0) is 9.59 Å². The number of carbonyl (C=O) groups excluding carboxylic acids is 2. The number of nitrogens with zero attached hydrogens (tertiary/aromatic N) is 1. The molecule has 2 aromatic rings. The number of nitrogens with one attached hydrogen (secondary N) is 2. The van der Waals surface area contributed by atoms with Crippen molar-refractivity contribution in [2.24, 2.45) is 0 Å². The number of rotatable bonds is 5. The third kappa shape index (κ3) is 5.41. The first-order valence-corrected chi connectivity index (χ1v) is 10.9. The molecule has 1 aliphatic heterocycles. The van der Waals surface area contributed by atoms with Crippen molar-refractivity contribution in [1.82, 2.24) is 5.32 Å². The fourth-order valence-corrected chi connectivity index (χ4v) is 4.55. The van der Waals surface area contributed by atoms with E-state index in [2.05, 4.69) is 32.6 Å². The summed E-state index contributed by atoms with van der Waals surface area (Å²) in [4.78, 5) is 24.6. The van der Waals surface area contributed by atoms with Crippen molar-refractivity contribution in [3.05, 3.63) is 73.7 Å². The normalized spacial score (nSPS) is 16.2. The van der Waals surface area contributed by atoms with Crippen LogP contribution in [0.25, 0.3) is 0 Å². The van der Waals surface area contributed by atoms with Crippen LogP contribution in [0.1, 0.15) is 23.5 Å². The van der Waals surface area contributed by atoms with Crippen molar-refractivity contribution in [2.75, 3.05) is 11.1 Å². The summed E-state index contributed by atoms with van der Waals surface area (Å²) in [6.45, 7) is 1.96. The predicted octanol–water partition coefficient (Wildman–Crippen LogP) is 5.12. The van der Waals surface area contributed by atoms with Crippen LogP contribution in [-0.4, -0.2) is 17.6 Å². The van der Waals surface area contributed by atoms with E-state index in [1.807, 2.05) is 37.3 Å². The molecular formula is C21H17BrClN3O2S. The van der Waals surface area contributed by atoms with Crippen molar-refractivity contribution >= 4 is 56.8 Å². The van der Waals surface area contributed by atoms with Gasteiger partial charge >= 0.3 is 0 Å². The SMILES string of the molecule is Cc1ccc(NC(=O)CSC2=C(C#N)[C@H](c3ccc(Cl)cc3)CC(=O)N2)c(Br)c1. The van der Waals surface area contributed by atoms with Gasteiger partial charge in [0.2, 0.25) is 11.8 Å². The number of thioether (sulfide) groups is 1. The highest BCUT2D eigenvalue weighted by Gasteiger charge is 2.29. The standard InChI is InChI=1S/C21H17BrClN3O2S/c1-12-2-7-18(17(22)8-12)25-20(28)11-29-21-16(10-24)15(9-19(27)26-21)13-3-5-14(23)6-4-13/h2-8,15H,9,11H2,1H3,(H,25,28)(H,26,27)/t15-/m0/s1. The maximum absolute atomic E-state index is 12.4. The molecule has 148 valence electrons. The van der Waals surface area contributed by atoms with E-state index in [0.29, 0.717) is 21.3 Å². The molecule has 0 fully saturated rings. The van der Waals surface area contributed by atoms with Gasteiger partial charge in [0.1, 0.15) is 0 Å². The van der Waals surface area contributed by atoms with Crippen LogP contribution in [0.15, 0.2) is 57.5 Å². The molecule has 29 heavy (non-hydrogen) atoms. The summed E-state index contributed by atoms with van der Waals surface area (Å²) >= 11 is 10.5. The molecule has 5 nitrogen and oxygen atoms in total. The third-order valence-corrected chi connectivity index (χ3v) is 6.30. The summed E-state index contributed by atoms with van der Waals surface area (Å²) in [5, 5.41) is 16.3. The van der Waals surface area contributed by atoms with E-state index >= 15 is 0 Å². The van der Waals surface area contributed by atoms with Gasteiger partial charge in [0.05, 0.1) is 28.1 Å². The average Bonchev–Trinajstić information content (AvgIpc) is 2.68. The number of carbonyl (C=O) groups is 2. The van der Waals surface area contributed by atoms with Crippen LogP contribution in [0.2, 0.25) is 5.02 Å². The van der Waals surface area contributed by atoms with Crippen molar-refractivity contribution in [1.29, 1.82) is 5.26 Å². The maximum atomic E-state index is 12.4. The molecule has 2 aromatic carbocycles. The second kappa shape index (κ2) is 9.49. The minimum atomic E-state index is -0.358. The third-order valence-electron chi connectivity index (χ3n) is 4.37. The highest BCUT2D eigenvalue weighted by Crippen LogP contribution is 2.36. The van der Waals surface area contributed by atoms with Crippen LogP contribution in [0, 0.1) is 18.3 Å². The Bertz CT molecular complexity index is 1030. The molecule has 8 heteroatoms. The Kier molecular flexibility index (Phi) is 7.01. The Morgan fingerprint density at radius 3 is 2.72 bits per heavy atom. The van der Waals surface area contributed by atoms with Crippen molar-refractivity contribution in [3.63, 3.8) is 0 Å². The smallest absolute Gasteiger partial charge is 0.234 e. The van der Waals surface area contributed by atoms with Gasteiger partial charge in [-0.15, -0.1) is 0 Å². The molecule has 0 saturated heterocycles. The molecule has 0 spiro atoms. The lowest BCUT2D eigenvalue weighted by Gasteiger charge is -2.25. The number of hydrogen-bond acceptors (Lipinski definition) is 4. The van der Waals surface area contributed by atoms with Gasteiger partial charge in [0.25, 0.3) is 0 Å². The summed E-state index contributed by atoms with van der Waals surface area (Å²) in [6.07, 6.45) is 0.178. The number of benzene rings is 2. The number of aryl methyl sites for hydroxylation is 1. The molecule has 1 heterocycles. The summed E-state index contributed by atoms with van der Waals surface area (Å²) in [5.74, 6) is -0.711. The number of allylic oxidation sites excluding steroid dienone is 1. The zero-order valence-electron chi connectivity index (χ0n) is 15.5. The van der Waals surface area contributed by atoms with E-state index in [1.165, 1.54) is 0 Å². The number of hydrogen-bond donors (Lipinski definition) is 2. The van der Waals surface area contributed by atoms with Gasteiger partial charge < -0.3 is 10.6 Å². The second-order valence-electron chi connectivity index (χ2n) is 6.53. The zero-order chi connectivity index (χ0) is 21.0. The molecule has 0 aromatic heterocycles. The van der Waals surface area contributed by atoms with E-state index < -0.39 is 0 Å². The zero-order valence-corrected chi connectivity index (χ0v) is 18.6. The molecule has 0 unspecified atom stereocenters. The lowest BCUT2D eigenvalue weighted by molar-refractivity contribution is -0.121. The Labute approximate surface area is 186 Å². The molecule has 2 amide bonds. The summed E-state index contributed by atoms with van der Waals surface area (Å²) < 4.78 is 0.793. The van der Waals surface area contributed by atoms with Crippen LogP contribution in [0.5, 0.6) is 0 Å². The molecule has 0 saturated carbocycles. The Hall–Kier alpha value is -2.27. The summed E-state index contributed by atoms with van der Waals surface area (Å²) in [5.41, 5.74) is 3.03. The molecule has 1 aliphatic rings. The van der Waals surface area contributed by atoms with Crippen molar-refractivity contribution < 1.29 is 9.59 Å². The van der Waals surface area contributed by atoms with E-state index in [1.54, 1.807) is 12.1 Å². The van der Waals surface area contributed by atoms with Crippen LogP contribution >= 0.6 is 39.3 Å². The van der Waals surface area contributed by atoms with Gasteiger partial charge in [-0.3, -0.25) is 9.59 Å². The molecule has 2 N–H and O–H groups in total. The Balaban J connectivity index is 1.75. The van der Waals surface area contributed by atoms with Crippen molar-refractivity contribution in [2.45, 2.75) is 19.3 Å². The van der Waals surface area contributed by atoms with Gasteiger partial charge in [-0.25, -0.2) is 0 Å². The molecule has 0 aliphatic carbocycles. The fraction of sp³-hybridized carbons (Fsp3) is 0.190. The van der Waals surface area contributed by atoms with E-state index in [-0.39, 0.29) is 29.9 Å². The monoisotopic (exact) mass is 489 g/mol. The van der Waals surface area contributed by atoms with E-state index in [4.69, 9.17) is 11.6 Å². The predicted molar refractivity (Wildman–Crippen MR) is 120 cm³/mol. The highest BCUT2D eigenvalue weighted by molar-refractivity contribution is 9.10. The highest BCUT2D eigenvalue weighted by atomic mass is 79.9. The quantitative estimate of drug-likeness (QED) is 0.609. The molecular weight excluding hydrogens is 474 g/mol. The number of halogens is 2. The minimum Gasteiger partial charge on any atom is -0.324 e. The average molecular weight is 491 g/mol. The number of amides is 2. The van der Waals surface area contributed by atoms with Crippen LogP contribution in [0.4, 0.5) is 5.69 Å². The molecule has 0 bridgehead atoms. The lowest BCUT2D eigenvalue weighted by Crippen LogP contribution is -2.31. The summed E-state index contributed by atoms with van der Waals surface area (Å²) in [7, 11) is 0. The first kappa shape index (κ1) is 21.4. The maximum Gasteiger partial charge on any atom is 0.234 e. The van der Waals surface area contributed by atoms with E-state index in [0.717, 1.165) is 27.4 Å². The topological polar surface area (TPSA) is 82.0 Å². The lowest BCUT2D eigenvalue weighted by atomic mass is 9.87. The first-order chi connectivity index (χ1) is 13.9. The molecule has 0 radical (unpaired) electrons. The van der Waals surface area contributed by atoms with Gasteiger partial charge in [0.15, 0.2) is 0 Å². The summed E-state index contributed by atoms with van der Waals surface area (Å²) in [6, 6.07) is 14.9. The number of anilines is 1. The van der Waals surface area contributed by atoms with Crippen molar-refractivity contribution in [3.8, 4) is 6.07 Å². The fourth-order valence-electron chi connectivity index (χ4n) is 2.96. The number of nitriles is 1. The Morgan fingerprint density at radius 2 is 2.07 bits per heavy atom. The van der Waals surface area contributed by atoms with Crippen LogP contribution in [0.3, 0.4) is 0 Å². The molecule has 1 atom stereocenters. The van der Waals surface area contributed by atoms with Crippen LogP contribution < -0.4 is 10.6 Å². The van der Waals surface area contributed by atoms with Gasteiger partial charge in [-0.1, -0.05) is 41.6 Å². The largest absolute Gasteiger partial charge is 0.324 e. The van der Waals surface area contributed by atoms with Gasteiger partial charge in [-0.2, -0.15) is 5.26 Å². The second-order valence-corrected chi connectivity index (χ2v) is 8.81. The van der Waals surface area contributed by atoms with Gasteiger partial charge in [0, 0.05) is 21.8 Å². The Morgan fingerprint density at radius 1 is 1.34 bits per heavy atom. The van der Waals surface area contributed by atoms with Gasteiger partial charge in [-0.05, 0) is 58.2 Å². The van der Waals surface area contributed by atoms with E-state index in [9.17, 15) is 14.9 Å².